The average Bonchev–Trinajstić information content (AvgIpc) is 3.33. The molecule has 0 heterocycles. The van der Waals surface area contributed by atoms with Gasteiger partial charge < -0.3 is 14.2 Å². The van der Waals surface area contributed by atoms with E-state index in [0.29, 0.717) is 37.6 Å². The van der Waals surface area contributed by atoms with Gasteiger partial charge in [-0.15, -0.1) is 0 Å². The summed E-state index contributed by atoms with van der Waals surface area (Å²) in [4.78, 5) is 0. The molecule has 5 aromatic carbocycles. The highest BCUT2D eigenvalue weighted by atomic mass is 16.6. The summed E-state index contributed by atoms with van der Waals surface area (Å²) in [6.07, 6.45) is 13.6. The number of benzene rings is 5. The van der Waals surface area contributed by atoms with Crippen molar-refractivity contribution < 1.29 is 14.2 Å². The van der Waals surface area contributed by atoms with Crippen molar-refractivity contribution in [3.63, 3.8) is 0 Å². The molecule has 0 aromatic heterocycles. The molecule has 0 saturated heterocycles. The minimum atomic E-state index is -0.831. The standard InChI is InChI=1S/C64H78O3/c1-57(2)42-53-52-34-35-55-60(6)39-41-63(66-45-48-26-16-10-17-27-48,46-67-64(49-28-18-11-19-29-49,50-30-20-12-21-31-50)51-32-22-13-23-33-51)58(3,4)54(60)36-37-62(55,8)61(52,7)40-38-59(53,5)56(43-57)65-44-47-24-14-9-15-25-47/h9-34,53-56H,35-46H2,1-8H3/t53-,54?,55-,56-,59-,60+,61-,62-,63-/m1/s1. The molecule has 5 aromatic rings. The molecule has 352 valence electrons. The van der Waals surface area contributed by atoms with Gasteiger partial charge in [-0.05, 0) is 130 Å². The summed E-state index contributed by atoms with van der Waals surface area (Å²) in [5, 5.41) is 0. The van der Waals surface area contributed by atoms with Crippen LogP contribution in [0.1, 0.15) is 141 Å². The third-order valence-electron chi connectivity index (χ3n) is 20.2. The minimum Gasteiger partial charge on any atom is -0.373 e. The summed E-state index contributed by atoms with van der Waals surface area (Å²) >= 11 is 0. The van der Waals surface area contributed by atoms with E-state index >= 15 is 0 Å². The van der Waals surface area contributed by atoms with Gasteiger partial charge in [0.05, 0.1) is 31.5 Å². The molecule has 0 bridgehead atoms. The van der Waals surface area contributed by atoms with E-state index in [0.717, 1.165) is 36.0 Å². The van der Waals surface area contributed by atoms with E-state index in [-0.39, 0.29) is 38.6 Å². The van der Waals surface area contributed by atoms with Gasteiger partial charge in [0.15, 0.2) is 0 Å². The number of hydrogen-bond donors (Lipinski definition) is 0. The summed E-state index contributed by atoms with van der Waals surface area (Å²) < 4.78 is 22.6. The molecule has 0 spiro atoms. The zero-order chi connectivity index (χ0) is 46.8. The first-order valence-corrected chi connectivity index (χ1v) is 25.9. The van der Waals surface area contributed by atoms with Crippen LogP contribution in [-0.4, -0.2) is 18.3 Å². The monoisotopic (exact) mass is 895 g/mol. The zero-order valence-electron chi connectivity index (χ0n) is 42.0. The van der Waals surface area contributed by atoms with Crippen LogP contribution in [0.5, 0.6) is 0 Å². The molecular weight excluding hydrogens is 817 g/mol. The molecule has 4 fully saturated rings. The third kappa shape index (κ3) is 7.55. The van der Waals surface area contributed by atoms with Crippen molar-refractivity contribution in [3.8, 4) is 0 Å². The lowest BCUT2D eigenvalue weighted by Gasteiger charge is -2.73. The lowest BCUT2D eigenvalue weighted by atomic mass is 9.33. The van der Waals surface area contributed by atoms with Crippen LogP contribution in [0.3, 0.4) is 0 Å². The second-order valence-corrected chi connectivity index (χ2v) is 24.3. The minimum absolute atomic E-state index is 0.136. The highest BCUT2D eigenvalue weighted by molar-refractivity contribution is 5.47. The highest BCUT2D eigenvalue weighted by Gasteiger charge is 2.71. The molecular formula is C64H78O3. The molecule has 0 radical (unpaired) electrons. The van der Waals surface area contributed by atoms with Crippen molar-refractivity contribution in [1.82, 2.24) is 0 Å². The molecule has 0 aliphatic heterocycles. The number of allylic oxidation sites excluding steroid dienone is 2. The Morgan fingerprint density at radius 1 is 0.522 bits per heavy atom. The van der Waals surface area contributed by atoms with Crippen LogP contribution in [0.25, 0.3) is 0 Å². The van der Waals surface area contributed by atoms with Crippen LogP contribution >= 0.6 is 0 Å². The van der Waals surface area contributed by atoms with Gasteiger partial charge in [0.1, 0.15) is 5.60 Å². The Balaban J connectivity index is 1.00. The van der Waals surface area contributed by atoms with Crippen molar-refractivity contribution in [2.75, 3.05) is 6.61 Å². The summed E-state index contributed by atoms with van der Waals surface area (Å²) in [6.45, 7) is 22.7. The number of fused-ring (bicyclic) bond motifs is 7. The number of rotatable bonds is 12. The predicted molar refractivity (Wildman–Crippen MR) is 274 cm³/mol. The van der Waals surface area contributed by atoms with Crippen LogP contribution < -0.4 is 0 Å². The second-order valence-electron chi connectivity index (χ2n) is 24.3. The molecule has 5 aliphatic rings. The fourth-order valence-electron chi connectivity index (χ4n) is 16.0. The lowest BCUT2D eigenvalue weighted by Crippen LogP contribution is -2.68. The SMILES string of the molecule is CC1(C)C[C@@H]2C3=CC[C@@H]4[C@@]5(C)CC[C@](COC(c6ccccc6)(c6ccccc6)c6ccccc6)(OCc6ccccc6)C(C)(C)C5CC[C@@]4(C)[C@]3(C)CC[C@@]2(C)[C@H](OCc2ccccc2)C1. The molecule has 0 amide bonds. The molecule has 67 heavy (non-hydrogen) atoms. The van der Waals surface area contributed by atoms with Gasteiger partial charge in [-0.1, -0.05) is 219 Å². The maximum absolute atomic E-state index is 7.86. The third-order valence-corrected chi connectivity index (χ3v) is 20.2. The van der Waals surface area contributed by atoms with Gasteiger partial charge in [-0.3, -0.25) is 0 Å². The van der Waals surface area contributed by atoms with Gasteiger partial charge in [-0.25, -0.2) is 0 Å². The Morgan fingerprint density at radius 2 is 1.03 bits per heavy atom. The van der Waals surface area contributed by atoms with E-state index in [9.17, 15) is 0 Å². The van der Waals surface area contributed by atoms with Crippen LogP contribution in [0.4, 0.5) is 0 Å². The molecule has 4 saturated carbocycles. The Bertz CT molecular complexity index is 2400. The zero-order valence-corrected chi connectivity index (χ0v) is 42.0. The van der Waals surface area contributed by atoms with Crippen LogP contribution in [-0.2, 0) is 33.0 Å². The lowest BCUT2D eigenvalue weighted by molar-refractivity contribution is -0.272. The van der Waals surface area contributed by atoms with Gasteiger partial charge in [0.25, 0.3) is 0 Å². The van der Waals surface area contributed by atoms with Crippen molar-refractivity contribution in [2.24, 2.45) is 50.2 Å². The van der Waals surface area contributed by atoms with Gasteiger partial charge in [0.2, 0.25) is 0 Å². The topological polar surface area (TPSA) is 27.7 Å². The van der Waals surface area contributed by atoms with Gasteiger partial charge in [-0.2, -0.15) is 0 Å². The smallest absolute Gasteiger partial charge is 0.143 e. The molecule has 3 heteroatoms. The molecule has 5 aliphatic carbocycles. The van der Waals surface area contributed by atoms with Crippen LogP contribution in [0.15, 0.2) is 163 Å². The predicted octanol–water partition coefficient (Wildman–Crippen LogP) is 16.0. The molecule has 0 N–H and O–H groups in total. The maximum Gasteiger partial charge on any atom is 0.143 e. The first-order chi connectivity index (χ1) is 32.1. The maximum atomic E-state index is 7.86. The summed E-state index contributed by atoms with van der Waals surface area (Å²) in [6, 6.07) is 54.4. The largest absolute Gasteiger partial charge is 0.373 e. The quantitative estimate of drug-likeness (QED) is 0.0922. The van der Waals surface area contributed by atoms with Crippen molar-refractivity contribution in [3.05, 3.63) is 191 Å². The summed E-state index contributed by atoms with van der Waals surface area (Å²) in [7, 11) is 0. The van der Waals surface area contributed by atoms with Crippen LogP contribution in [0, 0.1) is 50.2 Å². The highest BCUT2D eigenvalue weighted by Crippen LogP contribution is 2.77. The van der Waals surface area contributed by atoms with E-state index in [2.05, 4.69) is 213 Å². The van der Waals surface area contributed by atoms with Crippen molar-refractivity contribution in [2.45, 2.75) is 144 Å². The van der Waals surface area contributed by atoms with E-state index in [1.165, 1.54) is 49.7 Å². The average molecular weight is 895 g/mol. The fourth-order valence-corrected chi connectivity index (χ4v) is 16.0. The van der Waals surface area contributed by atoms with E-state index < -0.39 is 11.2 Å². The van der Waals surface area contributed by atoms with Crippen molar-refractivity contribution in [1.29, 1.82) is 0 Å². The number of ether oxygens (including phenoxy) is 3. The van der Waals surface area contributed by atoms with Crippen molar-refractivity contribution >= 4 is 0 Å². The number of hydrogen-bond acceptors (Lipinski definition) is 3. The Labute approximate surface area is 404 Å². The molecule has 3 nitrogen and oxygen atoms in total. The fraction of sp³-hybridized carbons (Fsp3) is 0.500. The van der Waals surface area contributed by atoms with E-state index in [4.69, 9.17) is 14.2 Å². The molecule has 10 rings (SSSR count). The van der Waals surface area contributed by atoms with E-state index in [1.54, 1.807) is 5.57 Å². The normalized spacial score (nSPS) is 34.1. The Morgan fingerprint density at radius 3 is 1.58 bits per heavy atom. The van der Waals surface area contributed by atoms with Gasteiger partial charge in [0, 0.05) is 5.41 Å². The van der Waals surface area contributed by atoms with Crippen LogP contribution in [0.2, 0.25) is 0 Å². The second kappa shape index (κ2) is 17.3. The molecule has 9 atom stereocenters. The molecule has 1 unspecified atom stereocenters. The Kier molecular flexibility index (Phi) is 12.0. The Hall–Kier alpha value is -4.28. The summed E-state index contributed by atoms with van der Waals surface area (Å²) in [5.41, 5.74) is 6.96. The van der Waals surface area contributed by atoms with E-state index in [1.807, 2.05) is 0 Å². The summed E-state index contributed by atoms with van der Waals surface area (Å²) in [5.74, 6) is 1.59. The first-order valence-electron chi connectivity index (χ1n) is 25.9. The first kappa shape index (κ1) is 46.4. The van der Waals surface area contributed by atoms with Gasteiger partial charge >= 0.3 is 0 Å².